The van der Waals surface area contributed by atoms with Crippen molar-refractivity contribution in [1.82, 2.24) is 4.72 Å². The zero-order valence-electron chi connectivity index (χ0n) is 11.8. The van der Waals surface area contributed by atoms with Crippen molar-refractivity contribution in [3.8, 4) is 0 Å². The van der Waals surface area contributed by atoms with Gasteiger partial charge in [-0.2, -0.15) is 13.2 Å². The van der Waals surface area contributed by atoms with Gasteiger partial charge in [-0.3, -0.25) is 0 Å². The number of aliphatic hydroxyl groups is 1. The van der Waals surface area contributed by atoms with Gasteiger partial charge in [0.25, 0.3) is 0 Å². The second kappa shape index (κ2) is 6.55. The lowest BCUT2D eigenvalue weighted by atomic mass is 9.86. The molecule has 0 heterocycles. The van der Waals surface area contributed by atoms with Gasteiger partial charge in [-0.25, -0.2) is 13.1 Å². The van der Waals surface area contributed by atoms with Crippen LogP contribution in [0.4, 0.5) is 13.2 Å². The summed E-state index contributed by atoms with van der Waals surface area (Å²) in [6, 6.07) is 3.57. The van der Waals surface area contributed by atoms with E-state index in [1.165, 1.54) is 6.07 Å². The van der Waals surface area contributed by atoms with Crippen molar-refractivity contribution in [2.24, 2.45) is 5.92 Å². The van der Waals surface area contributed by atoms with E-state index in [-0.39, 0.29) is 12.5 Å². The summed E-state index contributed by atoms with van der Waals surface area (Å²) in [5.41, 5.74) is -1.18. The summed E-state index contributed by atoms with van der Waals surface area (Å²) in [4.78, 5) is -0.773. The highest BCUT2D eigenvalue weighted by Gasteiger charge is 2.38. The largest absolute Gasteiger partial charge is 0.417 e. The smallest absolute Gasteiger partial charge is 0.396 e. The van der Waals surface area contributed by atoms with Gasteiger partial charge >= 0.3 is 6.18 Å². The third kappa shape index (κ3) is 3.80. The monoisotopic (exact) mass is 337 g/mol. The summed E-state index contributed by atoms with van der Waals surface area (Å²) in [6.45, 7) is -0.186. The highest BCUT2D eigenvalue weighted by molar-refractivity contribution is 7.89. The Morgan fingerprint density at radius 2 is 1.82 bits per heavy atom. The van der Waals surface area contributed by atoms with Crippen LogP contribution in [0.5, 0.6) is 0 Å². The Kier molecular flexibility index (Phi) is 5.14. The maximum absolute atomic E-state index is 13.0. The van der Waals surface area contributed by atoms with Crippen LogP contribution in [0.2, 0.25) is 0 Å². The second-order valence-electron chi connectivity index (χ2n) is 5.45. The van der Waals surface area contributed by atoms with E-state index in [0.29, 0.717) is 12.8 Å². The van der Waals surface area contributed by atoms with E-state index in [4.69, 9.17) is 0 Å². The van der Waals surface area contributed by atoms with E-state index >= 15 is 0 Å². The Hall–Kier alpha value is -1.12. The van der Waals surface area contributed by atoms with Gasteiger partial charge in [-0.15, -0.1) is 0 Å². The molecule has 0 spiro atoms. The zero-order chi connectivity index (χ0) is 16.4. The number of benzene rings is 1. The SMILES string of the molecule is O=S(=O)(NC1CCCCC1CO)c1ccccc1C(F)(F)F. The molecule has 2 unspecified atom stereocenters. The van der Waals surface area contributed by atoms with Crippen molar-refractivity contribution in [3.63, 3.8) is 0 Å². The van der Waals surface area contributed by atoms with Crippen LogP contribution in [-0.4, -0.2) is 26.2 Å². The first-order valence-corrected chi connectivity index (χ1v) is 8.53. The lowest BCUT2D eigenvalue weighted by molar-refractivity contribution is -0.139. The number of nitrogens with one attached hydrogen (secondary N) is 1. The van der Waals surface area contributed by atoms with Crippen LogP contribution in [-0.2, 0) is 16.2 Å². The molecule has 124 valence electrons. The van der Waals surface area contributed by atoms with Gasteiger partial charge in [0.15, 0.2) is 0 Å². The van der Waals surface area contributed by atoms with Gasteiger partial charge < -0.3 is 5.11 Å². The molecule has 4 nitrogen and oxygen atoms in total. The first-order valence-electron chi connectivity index (χ1n) is 7.05. The summed E-state index contributed by atoms with van der Waals surface area (Å²) in [5, 5.41) is 9.30. The van der Waals surface area contributed by atoms with Crippen LogP contribution >= 0.6 is 0 Å². The molecular formula is C14H18F3NO3S. The van der Waals surface area contributed by atoms with E-state index in [1.54, 1.807) is 0 Å². The maximum Gasteiger partial charge on any atom is 0.417 e. The molecular weight excluding hydrogens is 319 g/mol. The topological polar surface area (TPSA) is 66.4 Å². The molecule has 0 bridgehead atoms. The number of halogens is 3. The quantitative estimate of drug-likeness (QED) is 0.887. The number of sulfonamides is 1. The van der Waals surface area contributed by atoms with Crippen LogP contribution < -0.4 is 4.72 Å². The van der Waals surface area contributed by atoms with E-state index in [1.807, 2.05) is 0 Å². The maximum atomic E-state index is 13.0. The van der Waals surface area contributed by atoms with Gasteiger partial charge in [0.05, 0.1) is 10.5 Å². The summed E-state index contributed by atoms with van der Waals surface area (Å²) in [5.74, 6) is -0.262. The summed E-state index contributed by atoms with van der Waals surface area (Å²) >= 11 is 0. The molecule has 2 atom stereocenters. The standard InChI is InChI=1S/C14H18F3NO3S/c15-14(16,17)11-6-2-4-8-13(11)22(20,21)18-12-7-3-1-5-10(12)9-19/h2,4,6,8,10,12,18-19H,1,3,5,7,9H2. The summed E-state index contributed by atoms with van der Waals surface area (Å²) < 4.78 is 65.9. The minimum atomic E-state index is -4.74. The Morgan fingerprint density at radius 3 is 2.45 bits per heavy atom. The average Bonchev–Trinajstić information content (AvgIpc) is 2.46. The summed E-state index contributed by atoms with van der Waals surface area (Å²) in [7, 11) is -4.30. The van der Waals surface area contributed by atoms with Crippen LogP contribution in [0.25, 0.3) is 0 Å². The predicted molar refractivity (Wildman–Crippen MR) is 74.6 cm³/mol. The number of hydrogen-bond acceptors (Lipinski definition) is 3. The van der Waals surface area contributed by atoms with Crippen molar-refractivity contribution < 1.29 is 26.7 Å². The van der Waals surface area contributed by atoms with Crippen LogP contribution in [0.3, 0.4) is 0 Å². The predicted octanol–water partition coefficient (Wildman–Crippen LogP) is 2.53. The fourth-order valence-corrected chi connectivity index (χ4v) is 4.35. The van der Waals surface area contributed by atoms with Gasteiger partial charge in [0, 0.05) is 12.6 Å². The zero-order valence-corrected chi connectivity index (χ0v) is 12.6. The molecule has 0 aromatic heterocycles. The molecule has 2 N–H and O–H groups in total. The molecule has 1 aliphatic rings. The third-order valence-electron chi connectivity index (χ3n) is 3.93. The number of rotatable bonds is 4. The van der Waals surface area contributed by atoms with Gasteiger partial charge in [-0.1, -0.05) is 25.0 Å². The van der Waals surface area contributed by atoms with Crippen LogP contribution in [0.15, 0.2) is 29.2 Å². The first-order chi connectivity index (χ1) is 10.3. The van der Waals surface area contributed by atoms with Crippen molar-refractivity contribution in [2.45, 2.75) is 42.8 Å². The molecule has 1 fully saturated rings. The number of aliphatic hydroxyl groups excluding tert-OH is 1. The molecule has 22 heavy (non-hydrogen) atoms. The molecule has 0 saturated heterocycles. The average molecular weight is 337 g/mol. The lowest BCUT2D eigenvalue weighted by Gasteiger charge is -2.30. The van der Waals surface area contributed by atoms with Crippen LogP contribution in [0.1, 0.15) is 31.2 Å². The van der Waals surface area contributed by atoms with Crippen LogP contribution in [0, 0.1) is 5.92 Å². The normalized spacial score (nSPS) is 23.5. The van der Waals surface area contributed by atoms with E-state index in [0.717, 1.165) is 31.0 Å². The molecule has 0 aliphatic heterocycles. The van der Waals surface area contributed by atoms with Crippen molar-refractivity contribution in [1.29, 1.82) is 0 Å². The highest BCUT2D eigenvalue weighted by Crippen LogP contribution is 2.34. The Morgan fingerprint density at radius 1 is 1.18 bits per heavy atom. The Labute approximate surface area is 127 Å². The lowest BCUT2D eigenvalue weighted by Crippen LogP contribution is -2.43. The van der Waals surface area contributed by atoms with E-state index in [2.05, 4.69) is 4.72 Å². The minimum absolute atomic E-state index is 0.186. The second-order valence-corrected chi connectivity index (χ2v) is 7.13. The first kappa shape index (κ1) is 17.2. The fourth-order valence-electron chi connectivity index (χ4n) is 2.78. The molecule has 0 radical (unpaired) electrons. The summed E-state index contributed by atoms with van der Waals surface area (Å²) in [6.07, 6.45) is -1.91. The molecule has 1 aromatic carbocycles. The number of alkyl halides is 3. The van der Waals surface area contributed by atoms with Gasteiger partial charge in [0.2, 0.25) is 10.0 Å². The number of hydrogen-bond donors (Lipinski definition) is 2. The minimum Gasteiger partial charge on any atom is -0.396 e. The molecule has 8 heteroatoms. The van der Waals surface area contributed by atoms with Crippen molar-refractivity contribution >= 4 is 10.0 Å². The van der Waals surface area contributed by atoms with Gasteiger partial charge in [-0.05, 0) is 30.9 Å². The molecule has 2 rings (SSSR count). The Balaban J connectivity index is 2.31. The van der Waals surface area contributed by atoms with Crippen molar-refractivity contribution in [2.75, 3.05) is 6.61 Å². The fraction of sp³-hybridized carbons (Fsp3) is 0.571. The molecule has 1 aromatic rings. The molecule has 1 saturated carbocycles. The Bertz CT molecular complexity index is 616. The van der Waals surface area contributed by atoms with E-state index < -0.39 is 32.7 Å². The van der Waals surface area contributed by atoms with E-state index in [9.17, 15) is 26.7 Å². The molecule has 0 amide bonds. The highest BCUT2D eigenvalue weighted by atomic mass is 32.2. The van der Waals surface area contributed by atoms with Gasteiger partial charge in [0.1, 0.15) is 0 Å². The third-order valence-corrected chi connectivity index (χ3v) is 5.48. The molecule has 1 aliphatic carbocycles. The van der Waals surface area contributed by atoms with Crippen molar-refractivity contribution in [3.05, 3.63) is 29.8 Å².